The van der Waals surface area contributed by atoms with Crippen LogP contribution in [-0.4, -0.2) is 0 Å². The molecule has 0 bridgehead atoms. The van der Waals surface area contributed by atoms with Gasteiger partial charge in [-0.25, -0.2) is 0 Å². The third kappa shape index (κ3) is 2.77. The zero-order valence-corrected chi connectivity index (χ0v) is 13.6. The van der Waals surface area contributed by atoms with Crippen molar-refractivity contribution in [3.05, 3.63) is 62.5 Å². The van der Waals surface area contributed by atoms with E-state index in [1.54, 1.807) is 0 Å². The molecule has 19 heavy (non-hydrogen) atoms. The molecule has 1 N–H and O–H groups in total. The van der Waals surface area contributed by atoms with Gasteiger partial charge in [-0.1, -0.05) is 18.2 Å². The molecule has 1 nitrogen and oxygen atoms in total. The summed E-state index contributed by atoms with van der Waals surface area (Å²) >= 11 is 4.16. The summed E-state index contributed by atoms with van der Waals surface area (Å²) in [6.45, 7) is 3.03. The van der Waals surface area contributed by atoms with Gasteiger partial charge in [0.25, 0.3) is 0 Å². The molecule has 3 heteroatoms. The van der Waals surface area contributed by atoms with Crippen LogP contribution in [0.15, 0.2) is 47.8 Å². The van der Waals surface area contributed by atoms with Crippen LogP contribution in [0, 0.1) is 10.5 Å². The summed E-state index contributed by atoms with van der Waals surface area (Å²) in [6.07, 6.45) is 0. The fourth-order valence-electron chi connectivity index (χ4n) is 2.19. The second-order valence-electron chi connectivity index (χ2n) is 4.57. The van der Waals surface area contributed by atoms with Crippen molar-refractivity contribution in [3.8, 4) is 0 Å². The van der Waals surface area contributed by atoms with E-state index in [0.717, 1.165) is 6.54 Å². The topological polar surface area (TPSA) is 12.0 Å². The Hall–Kier alpha value is -1.07. The first-order chi connectivity index (χ1) is 9.24. The normalized spacial score (nSPS) is 10.8. The van der Waals surface area contributed by atoms with Gasteiger partial charge < -0.3 is 5.32 Å². The second-order valence-corrected chi connectivity index (χ2v) is 6.73. The van der Waals surface area contributed by atoms with Crippen molar-refractivity contribution >= 4 is 49.7 Å². The molecule has 3 aromatic rings. The number of halogens is 1. The van der Waals surface area contributed by atoms with Gasteiger partial charge in [0.15, 0.2) is 0 Å². The van der Waals surface area contributed by atoms with Crippen LogP contribution in [-0.2, 0) is 6.54 Å². The highest BCUT2D eigenvalue weighted by Gasteiger charge is 2.04. The molecule has 1 heterocycles. The first-order valence-corrected chi connectivity index (χ1v) is 8.15. The van der Waals surface area contributed by atoms with Crippen LogP contribution in [0.3, 0.4) is 0 Å². The van der Waals surface area contributed by atoms with Gasteiger partial charge >= 0.3 is 0 Å². The molecule has 0 unspecified atom stereocenters. The summed E-state index contributed by atoms with van der Waals surface area (Å²) in [5.41, 5.74) is 3.89. The van der Waals surface area contributed by atoms with Crippen molar-refractivity contribution in [2.75, 3.05) is 5.32 Å². The van der Waals surface area contributed by atoms with Crippen molar-refractivity contribution in [1.82, 2.24) is 0 Å². The maximum Gasteiger partial charge on any atom is 0.0415 e. The number of anilines is 1. The Morgan fingerprint density at radius 3 is 2.84 bits per heavy atom. The molecule has 0 fully saturated rings. The Bertz CT molecular complexity index is 718. The molecule has 0 aliphatic heterocycles. The molecule has 0 saturated carbocycles. The summed E-state index contributed by atoms with van der Waals surface area (Å²) < 4.78 is 2.64. The van der Waals surface area contributed by atoms with E-state index in [1.165, 1.54) is 30.5 Å². The quantitative estimate of drug-likeness (QED) is 0.599. The van der Waals surface area contributed by atoms with Crippen LogP contribution < -0.4 is 5.32 Å². The lowest BCUT2D eigenvalue weighted by Crippen LogP contribution is -2.00. The lowest BCUT2D eigenvalue weighted by atomic mass is 10.1. The molecular formula is C16H14INS. The maximum absolute atomic E-state index is 3.54. The predicted octanol–water partition coefficient (Wildman–Crippen LogP) is 5.43. The maximum atomic E-state index is 3.54. The Morgan fingerprint density at radius 2 is 2.00 bits per heavy atom. The Kier molecular flexibility index (Phi) is 3.75. The highest BCUT2D eigenvalue weighted by Crippen LogP contribution is 2.27. The third-order valence-electron chi connectivity index (χ3n) is 3.22. The van der Waals surface area contributed by atoms with E-state index in [4.69, 9.17) is 0 Å². The van der Waals surface area contributed by atoms with E-state index >= 15 is 0 Å². The molecule has 1 aromatic heterocycles. The molecule has 0 atom stereocenters. The fourth-order valence-corrected chi connectivity index (χ4v) is 3.80. The summed E-state index contributed by atoms with van der Waals surface area (Å²) in [5, 5.41) is 7.15. The van der Waals surface area contributed by atoms with Gasteiger partial charge in [0.1, 0.15) is 0 Å². The van der Waals surface area contributed by atoms with E-state index in [-0.39, 0.29) is 0 Å². The van der Waals surface area contributed by atoms with Crippen LogP contribution >= 0.6 is 33.9 Å². The fraction of sp³-hybridized carbons (Fsp3) is 0.125. The monoisotopic (exact) mass is 379 g/mol. The number of nitrogens with one attached hydrogen (secondary N) is 1. The van der Waals surface area contributed by atoms with Crippen LogP contribution in [0.4, 0.5) is 5.69 Å². The summed E-state index contributed by atoms with van der Waals surface area (Å²) in [6, 6.07) is 15.1. The number of aryl methyl sites for hydroxylation is 1. The van der Waals surface area contributed by atoms with E-state index in [0.29, 0.717) is 0 Å². The van der Waals surface area contributed by atoms with Gasteiger partial charge in [-0.05, 0) is 75.7 Å². The number of rotatable bonds is 3. The van der Waals surface area contributed by atoms with Gasteiger partial charge in [0, 0.05) is 20.5 Å². The van der Waals surface area contributed by atoms with Crippen LogP contribution in [0.1, 0.15) is 11.1 Å². The molecule has 96 valence electrons. The van der Waals surface area contributed by atoms with Crippen molar-refractivity contribution in [2.24, 2.45) is 0 Å². The lowest BCUT2D eigenvalue weighted by Gasteiger charge is -2.09. The average molecular weight is 379 g/mol. The van der Waals surface area contributed by atoms with Crippen LogP contribution in [0.2, 0.25) is 0 Å². The summed E-state index contributed by atoms with van der Waals surface area (Å²) in [7, 11) is 0. The molecule has 0 spiro atoms. The minimum Gasteiger partial charge on any atom is -0.381 e. The van der Waals surface area contributed by atoms with Gasteiger partial charge in [-0.15, -0.1) is 11.3 Å². The number of hydrogen-bond donors (Lipinski definition) is 1. The van der Waals surface area contributed by atoms with Gasteiger partial charge in [-0.2, -0.15) is 0 Å². The zero-order valence-electron chi connectivity index (χ0n) is 10.6. The largest absolute Gasteiger partial charge is 0.381 e. The van der Waals surface area contributed by atoms with E-state index in [2.05, 4.69) is 82.7 Å². The predicted molar refractivity (Wildman–Crippen MR) is 93.0 cm³/mol. The van der Waals surface area contributed by atoms with Gasteiger partial charge in [0.05, 0.1) is 0 Å². The Morgan fingerprint density at radius 1 is 1.16 bits per heavy atom. The highest BCUT2D eigenvalue weighted by molar-refractivity contribution is 14.1. The minimum absolute atomic E-state index is 0.880. The smallest absolute Gasteiger partial charge is 0.0415 e. The van der Waals surface area contributed by atoms with Crippen molar-refractivity contribution in [1.29, 1.82) is 0 Å². The Labute approximate surface area is 130 Å². The number of fused-ring (bicyclic) bond motifs is 1. The number of hydrogen-bond acceptors (Lipinski definition) is 2. The third-order valence-corrected chi connectivity index (χ3v) is 4.90. The molecule has 3 rings (SSSR count). The minimum atomic E-state index is 0.880. The van der Waals surface area contributed by atoms with Gasteiger partial charge in [-0.3, -0.25) is 0 Å². The second kappa shape index (κ2) is 5.51. The summed E-state index contributed by atoms with van der Waals surface area (Å²) in [4.78, 5) is 0. The average Bonchev–Trinajstić information content (AvgIpc) is 2.81. The molecule has 0 amide bonds. The molecule has 2 aromatic carbocycles. The standard InChI is InChI=1S/C16H14INS/c1-11-8-13(17)6-7-15(11)18-9-12-10-19-16-5-3-2-4-14(12)16/h2-8,10,18H,9H2,1H3. The summed E-state index contributed by atoms with van der Waals surface area (Å²) in [5.74, 6) is 0. The molecule has 0 saturated heterocycles. The zero-order chi connectivity index (χ0) is 13.2. The highest BCUT2D eigenvalue weighted by atomic mass is 127. The first kappa shape index (κ1) is 12.9. The van der Waals surface area contributed by atoms with Crippen LogP contribution in [0.25, 0.3) is 10.1 Å². The van der Waals surface area contributed by atoms with Crippen molar-refractivity contribution in [3.63, 3.8) is 0 Å². The van der Waals surface area contributed by atoms with E-state index in [1.807, 2.05) is 11.3 Å². The first-order valence-electron chi connectivity index (χ1n) is 6.19. The van der Waals surface area contributed by atoms with E-state index in [9.17, 15) is 0 Å². The van der Waals surface area contributed by atoms with E-state index < -0.39 is 0 Å². The van der Waals surface area contributed by atoms with Crippen molar-refractivity contribution < 1.29 is 0 Å². The number of benzene rings is 2. The molecule has 0 radical (unpaired) electrons. The molecular weight excluding hydrogens is 365 g/mol. The lowest BCUT2D eigenvalue weighted by molar-refractivity contribution is 1.16. The van der Waals surface area contributed by atoms with Gasteiger partial charge in [0.2, 0.25) is 0 Å². The van der Waals surface area contributed by atoms with Crippen molar-refractivity contribution in [2.45, 2.75) is 13.5 Å². The molecule has 0 aliphatic rings. The van der Waals surface area contributed by atoms with Crippen LogP contribution in [0.5, 0.6) is 0 Å². The Balaban J connectivity index is 1.82. The molecule has 0 aliphatic carbocycles. The number of thiophene rings is 1. The SMILES string of the molecule is Cc1cc(I)ccc1NCc1csc2ccccc12.